The van der Waals surface area contributed by atoms with Gasteiger partial charge in [0, 0.05) is 0 Å². The van der Waals surface area contributed by atoms with E-state index in [0.717, 1.165) is 6.42 Å². The summed E-state index contributed by atoms with van der Waals surface area (Å²) in [6, 6.07) is 8.31. The van der Waals surface area contributed by atoms with Gasteiger partial charge < -0.3 is 0 Å². The number of rotatable bonds is 2. The summed E-state index contributed by atoms with van der Waals surface area (Å²) < 4.78 is 1.29. The molecule has 0 radical (unpaired) electrons. The molecule has 1 rings (SSSR count). The van der Waals surface area contributed by atoms with Gasteiger partial charge in [-0.1, -0.05) is 0 Å². The molecule has 1 aromatic carbocycles. The van der Waals surface area contributed by atoms with E-state index < -0.39 is 0 Å². The second kappa shape index (κ2) is 3.60. The molecule has 0 aromatic heterocycles. The van der Waals surface area contributed by atoms with Crippen LogP contribution in [0.1, 0.15) is 5.56 Å². The topological polar surface area (TPSA) is 0 Å². The summed E-state index contributed by atoms with van der Waals surface area (Å²) >= 11 is 2.57. The minimum atomic E-state index is 0.963. The van der Waals surface area contributed by atoms with E-state index in [2.05, 4.69) is 40.8 Å². The molecule has 0 amide bonds. The van der Waals surface area contributed by atoms with Crippen molar-refractivity contribution in [3.8, 4) is 0 Å². The molecule has 10 heavy (non-hydrogen) atoms. The third-order valence-corrected chi connectivity index (χ3v) is 2.27. The zero-order chi connectivity index (χ0) is 7.40. The van der Waals surface area contributed by atoms with Crippen LogP contribution in [0, 0.1) is 0 Å². The minimum absolute atomic E-state index is 0.963. The maximum absolute atomic E-state index is 3.69. The molecule has 0 saturated carbocycles. The first kappa shape index (κ1) is 7.58. The van der Waals surface area contributed by atoms with Crippen LogP contribution in [0.4, 0.5) is 0 Å². The summed E-state index contributed by atoms with van der Waals surface area (Å²) in [5, 5.41) is 0. The SMILES string of the molecule is C=CCc1ccccc1[SeH]. The van der Waals surface area contributed by atoms with E-state index in [9.17, 15) is 0 Å². The number of hydrogen-bond donors (Lipinski definition) is 0. The summed E-state index contributed by atoms with van der Waals surface area (Å²) in [7, 11) is 0. The van der Waals surface area contributed by atoms with E-state index in [4.69, 9.17) is 0 Å². The Balaban J connectivity index is 2.91. The molecular formula is C9H10Se. The van der Waals surface area contributed by atoms with Crippen LogP contribution in [-0.4, -0.2) is 16.0 Å². The number of allylic oxidation sites excluding steroid dienone is 1. The van der Waals surface area contributed by atoms with Gasteiger partial charge in [-0.2, -0.15) is 0 Å². The summed E-state index contributed by atoms with van der Waals surface area (Å²) in [6.07, 6.45) is 2.89. The predicted octanol–water partition coefficient (Wildman–Crippen LogP) is 0.941. The Morgan fingerprint density at radius 1 is 1.40 bits per heavy atom. The maximum atomic E-state index is 3.69. The van der Waals surface area contributed by atoms with Crippen molar-refractivity contribution in [2.75, 3.05) is 0 Å². The van der Waals surface area contributed by atoms with E-state index >= 15 is 0 Å². The van der Waals surface area contributed by atoms with E-state index in [0.29, 0.717) is 0 Å². The molecule has 0 heterocycles. The summed E-state index contributed by atoms with van der Waals surface area (Å²) in [5.74, 6) is 0. The van der Waals surface area contributed by atoms with Crippen molar-refractivity contribution in [2.24, 2.45) is 0 Å². The average molecular weight is 197 g/mol. The van der Waals surface area contributed by atoms with Gasteiger partial charge in [-0.3, -0.25) is 0 Å². The molecule has 0 aliphatic heterocycles. The molecule has 0 aliphatic rings. The Morgan fingerprint density at radius 2 is 2.10 bits per heavy atom. The van der Waals surface area contributed by atoms with Gasteiger partial charge in [-0.25, -0.2) is 0 Å². The van der Waals surface area contributed by atoms with Gasteiger partial charge >= 0.3 is 69.4 Å². The Hall–Kier alpha value is -0.521. The van der Waals surface area contributed by atoms with Crippen molar-refractivity contribution < 1.29 is 0 Å². The van der Waals surface area contributed by atoms with Crippen molar-refractivity contribution in [2.45, 2.75) is 6.42 Å². The van der Waals surface area contributed by atoms with E-state index in [1.807, 2.05) is 12.1 Å². The van der Waals surface area contributed by atoms with Gasteiger partial charge in [-0.15, -0.1) is 0 Å². The van der Waals surface area contributed by atoms with Gasteiger partial charge in [0.05, 0.1) is 0 Å². The van der Waals surface area contributed by atoms with Crippen LogP contribution in [0.15, 0.2) is 36.9 Å². The Kier molecular flexibility index (Phi) is 2.73. The van der Waals surface area contributed by atoms with E-state index in [1.54, 1.807) is 0 Å². The van der Waals surface area contributed by atoms with Crippen molar-refractivity contribution in [3.63, 3.8) is 0 Å². The van der Waals surface area contributed by atoms with Crippen LogP contribution < -0.4 is 4.46 Å². The van der Waals surface area contributed by atoms with Crippen molar-refractivity contribution >= 4 is 20.5 Å². The molecule has 52 valence electrons. The Bertz CT molecular complexity index is 228. The Morgan fingerprint density at radius 3 is 2.70 bits per heavy atom. The fourth-order valence-electron chi connectivity index (χ4n) is 0.839. The van der Waals surface area contributed by atoms with E-state index in [-0.39, 0.29) is 0 Å². The first-order valence-corrected chi connectivity index (χ1v) is 4.16. The van der Waals surface area contributed by atoms with Crippen LogP contribution in [0.3, 0.4) is 0 Å². The molecule has 0 atom stereocenters. The molecule has 0 fully saturated rings. The second-order valence-electron chi connectivity index (χ2n) is 2.12. The third-order valence-electron chi connectivity index (χ3n) is 1.36. The van der Waals surface area contributed by atoms with Gasteiger partial charge in [0.25, 0.3) is 0 Å². The van der Waals surface area contributed by atoms with Gasteiger partial charge in [0.15, 0.2) is 0 Å². The van der Waals surface area contributed by atoms with Crippen LogP contribution in [0.5, 0.6) is 0 Å². The summed E-state index contributed by atoms with van der Waals surface area (Å²) in [4.78, 5) is 0. The summed E-state index contributed by atoms with van der Waals surface area (Å²) in [5.41, 5.74) is 1.34. The molecule has 0 bridgehead atoms. The molecule has 0 aliphatic carbocycles. The molecular weight excluding hydrogens is 187 g/mol. The van der Waals surface area contributed by atoms with Crippen molar-refractivity contribution in [1.82, 2.24) is 0 Å². The van der Waals surface area contributed by atoms with Crippen LogP contribution >= 0.6 is 0 Å². The second-order valence-corrected chi connectivity index (χ2v) is 3.13. The normalized spacial score (nSPS) is 9.30. The first-order valence-electron chi connectivity index (χ1n) is 3.22. The monoisotopic (exact) mass is 198 g/mol. The van der Waals surface area contributed by atoms with Gasteiger partial charge in [0.1, 0.15) is 0 Å². The number of hydrogen-bond acceptors (Lipinski definition) is 0. The molecule has 0 N–H and O–H groups in total. The van der Waals surface area contributed by atoms with E-state index in [1.165, 1.54) is 10.0 Å². The molecule has 1 aromatic rings. The zero-order valence-electron chi connectivity index (χ0n) is 5.75. The van der Waals surface area contributed by atoms with Gasteiger partial charge in [0.2, 0.25) is 0 Å². The zero-order valence-corrected chi connectivity index (χ0v) is 7.62. The quantitative estimate of drug-likeness (QED) is 0.489. The predicted molar refractivity (Wildman–Crippen MR) is 47.1 cm³/mol. The summed E-state index contributed by atoms with van der Waals surface area (Å²) in [6.45, 7) is 3.69. The Labute approximate surface area is 69.8 Å². The standard InChI is InChI=1S/C9H10Se/c1-2-5-8-6-3-4-7-9(8)10/h2-4,6-7,10H,1,5H2. The fraction of sp³-hybridized carbons (Fsp3) is 0.111. The average Bonchev–Trinajstić information content (AvgIpc) is 1.94. The van der Waals surface area contributed by atoms with Crippen molar-refractivity contribution in [3.05, 3.63) is 42.5 Å². The van der Waals surface area contributed by atoms with Gasteiger partial charge in [-0.05, 0) is 0 Å². The molecule has 1 heteroatoms. The van der Waals surface area contributed by atoms with Crippen molar-refractivity contribution in [1.29, 1.82) is 0 Å². The van der Waals surface area contributed by atoms with Crippen LogP contribution in [0.2, 0.25) is 0 Å². The molecule has 0 nitrogen and oxygen atoms in total. The van der Waals surface area contributed by atoms with Crippen LogP contribution in [-0.2, 0) is 6.42 Å². The first-order chi connectivity index (χ1) is 4.84. The number of benzene rings is 1. The van der Waals surface area contributed by atoms with Crippen LogP contribution in [0.25, 0.3) is 0 Å². The molecule has 0 unspecified atom stereocenters. The molecule has 0 spiro atoms. The third kappa shape index (κ3) is 1.73. The molecule has 0 saturated heterocycles. The fourth-order valence-corrected chi connectivity index (χ4v) is 1.37.